The van der Waals surface area contributed by atoms with Crippen molar-refractivity contribution >= 4 is 23.5 Å². The summed E-state index contributed by atoms with van der Waals surface area (Å²) in [5.41, 5.74) is -5.91. The second kappa shape index (κ2) is 5.86. The Morgan fingerprint density at radius 3 is 2.45 bits per heavy atom. The molecule has 0 spiro atoms. The molecular formula is C11H12F4N2O2S. The minimum atomic E-state index is -4.67. The van der Waals surface area contributed by atoms with Crippen molar-refractivity contribution in [2.45, 2.75) is 36.9 Å². The molecule has 1 amide bonds. The van der Waals surface area contributed by atoms with Crippen molar-refractivity contribution in [1.82, 2.24) is 4.98 Å². The lowest BCUT2D eigenvalue weighted by molar-refractivity contribution is -0.0330. The third-order valence-electron chi connectivity index (χ3n) is 1.71. The number of pyridine rings is 1. The third kappa shape index (κ3) is 5.64. The molecule has 0 aromatic carbocycles. The summed E-state index contributed by atoms with van der Waals surface area (Å²) in [5, 5.41) is 1.17. The minimum absolute atomic E-state index is 0.430. The Bertz CT molecular complexity index is 500. The van der Waals surface area contributed by atoms with Crippen LogP contribution >= 0.6 is 11.8 Å². The summed E-state index contributed by atoms with van der Waals surface area (Å²) in [5.74, 6) is -1.26. The second-order valence-corrected chi connectivity index (χ2v) is 5.71. The largest absolute Gasteiger partial charge is 0.447 e. The van der Waals surface area contributed by atoms with Crippen molar-refractivity contribution in [2.24, 2.45) is 0 Å². The van der Waals surface area contributed by atoms with Gasteiger partial charge in [-0.2, -0.15) is 13.2 Å². The van der Waals surface area contributed by atoms with Gasteiger partial charge in [-0.25, -0.2) is 14.2 Å². The van der Waals surface area contributed by atoms with Crippen LogP contribution in [0.2, 0.25) is 0 Å². The molecule has 0 atom stereocenters. The highest BCUT2D eigenvalue weighted by atomic mass is 32.2. The molecule has 0 aliphatic heterocycles. The molecule has 4 nitrogen and oxygen atoms in total. The number of hydrogen-bond donors (Lipinski definition) is 1. The maximum atomic E-state index is 13.7. The van der Waals surface area contributed by atoms with Crippen LogP contribution in [0.5, 0.6) is 0 Å². The monoisotopic (exact) mass is 312 g/mol. The highest BCUT2D eigenvalue weighted by Crippen LogP contribution is 2.38. The van der Waals surface area contributed by atoms with E-state index in [1.807, 2.05) is 5.32 Å². The number of rotatable bonds is 2. The summed E-state index contributed by atoms with van der Waals surface area (Å²) in [6.07, 6.45) is -0.00492. The fourth-order valence-electron chi connectivity index (χ4n) is 1.12. The summed E-state index contributed by atoms with van der Waals surface area (Å²) in [7, 11) is 0. The van der Waals surface area contributed by atoms with Crippen LogP contribution in [0.15, 0.2) is 17.3 Å². The second-order valence-electron chi connectivity index (χ2n) is 4.65. The Hall–Kier alpha value is -1.51. The lowest BCUT2D eigenvalue weighted by Gasteiger charge is -2.20. The molecule has 0 unspecified atom stereocenters. The number of thioether (sulfide) groups is 1. The average Bonchev–Trinajstić information content (AvgIpc) is 2.19. The number of ether oxygens (including phenoxy) is 1. The van der Waals surface area contributed by atoms with Gasteiger partial charge in [-0.3, -0.25) is 5.32 Å². The number of carbonyl (C=O) groups excluding carboxylic acids is 1. The van der Waals surface area contributed by atoms with Crippen LogP contribution in [0, 0.1) is 5.82 Å². The summed E-state index contributed by atoms with van der Waals surface area (Å²) in [6.45, 7) is 4.79. The summed E-state index contributed by atoms with van der Waals surface area (Å²) >= 11 is -0.696. The van der Waals surface area contributed by atoms with Gasteiger partial charge in [0.05, 0.1) is 5.69 Å². The van der Waals surface area contributed by atoms with Crippen LogP contribution in [0.25, 0.3) is 0 Å². The number of amides is 1. The number of hydrogen-bond acceptors (Lipinski definition) is 4. The SMILES string of the molecule is CC(C)(C)OC(=O)Nc1ccnc(SC(F)(F)F)c1F. The molecule has 1 aromatic rings. The first kappa shape index (κ1) is 16.5. The molecule has 1 rings (SSSR count). The fourth-order valence-corrected chi connectivity index (χ4v) is 1.65. The first-order valence-electron chi connectivity index (χ1n) is 5.38. The van der Waals surface area contributed by atoms with Crippen molar-refractivity contribution in [1.29, 1.82) is 0 Å². The van der Waals surface area contributed by atoms with E-state index in [1.165, 1.54) is 0 Å². The van der Waals surface area contributed by atoms with Crippen LogP contribution in [0.1, 0.15) is 20.8 Å². The summed E-state index contributed by atoms with van der Waals surface area (Å²) in [6, 6.07) is 1.04. The maximum Gasteiger partial charge on any atom is 0.447 e. The number of aromatic nitrogens is 1. The summed E-state index contributed by atoms with van der Waals surface area (Å²) < 4.78 is 55.2. The highest BCUT2D eigenvalue weighted by molar-refractivity contribution is 8.00. The molecule has 0 saturated carbocycles. The number of nitrogens with zero attached hydrogens (tertiary/aromatic N) is 1. The van der Waals surface area contributed by atoms with E-state index in [0.717, 1.165) is 12.3 Å². The van der Waals surface area contributed by atoms with Crippen molar-refractivity contribution in [2.75, 3.05) is 5.32 Å². The number of anilines is 1. The Labute approximate surface area is 116 Å². The predicted octanol–water partition coefficient (Wildman–Crippen LogP) is 4.18. The van der Waals surface area contributed by atoms with E-state index in [4.69, 9.17) is 4.74 Å². The predicted molar refractivity (Wildman–Crippen MR) is 66.0 cm³/mol. The highest BCUT2D eigenvalue weighted by Gasteiger charge is 2.32. The van der Waals surface area contributed by atoms with Gasteiger partial charge in [0.25, 0.3) is 0 Å². The number of halogens is 4. The molecule has 1 aromatic heterocycles. The van der Waals surface area contributed by atoms with Crippen LogP contribution in [0.4, 0.5) is 28.0 Å². The van der Waals surface area contributed by atoms with Gasteiger partial charge in [0.15, 0.2) is 5.82 Å². The van der Waals surface area contributed by atoms with E-state index in [0.29, 0.717) is 0 Å². The molecule has 0 saturated heterocycles. The first-order chi connectivity index (χ1) is 8.98. The Balaban J connectivity index is 2.87. The molecule has 0 bridgehead atoms. The fraction of sp³-hybridized carbons (Fsp3) is 0.455. The molecule has 0 aliphatic rings. The normalized spacial score (nSPS) is 12.2. The van der Waals surface area contributed by atoms with E-state index in [1.54, 1.807) is 20.8 Å². The molecular weight excluding hydrogens is 300 g/mol. The van der Waals surface area contributed by atoms with Crippen LogP contribution in [-0.2, 0) is 4.74 Å². The van der Waals surface area contributed by atoms with Crippen molar-refractivity contribution in [3.8, 4) is 0 Å². The molecule has 9 heteroatoms. The maximum absolute atomic E-state index is 13.7. The van der Waals surface area contributed by atoms with Crippen LogP contribution in [0.3, 0.4) is 0 Å². The van der Waals surface area contributed by atoms with Crippen LogP contribution < -0.4 is 5.32 Å². The molecule has 20 heavy (non-hydrogen) atoms. The van der Waals surface area contributed by atoms with E-state index < -0.39 is 45.5 Å². The lowest BCUT2D eigenvalue weighted by atomic mass is 10.2. The molecule has 0 aliphatic carbocycles. The van der Waals surface area contributed by atoms with E-state index in [9.17, 15) is 22.4 Å². The van der Waals surface area contributed by atoms with Gasteiger partial charge >= 0.3 is 11.6 Å². The zero-order valence-corrected chi connectivity index (χ0v) is 11.7. The van der Waals surface area contributed by atoms with Crippen molar-refractivity contribution in [3.05, 3.63) is 18.1 Å². The molecule has 1 N–H and O–H groups in total. The topological polar surface area (TPSA) is 51.2 Å². The van der Waals surface area contributed by atoms with Gasteiger partial charge in [0, 0.05) is 18.0 Å². The Morgan fingerprint density at radius 1 is 1.35 bits per heavy atom. The first-order valence-corrected chi connectivity index (χ1v) is 6.20. The van der Waals surface area contributed by atoms with Gasteiger partial charge in [-0.15, -0.1) is 0 Å². The standard InChI is InChI=1S/C11H12F4N2O2S/c1-10(2,3)19-9(18)17-6-4-5-16-8(7(6)12)20-11(13,14)15/h4-5H,1-3H3,(H,16,17,18). The molecule has 1 heterocycles. The van der Waals surface area contributed by atoms with E-state index in [2.05, 4.69) is 4.98 Å². The lowest BCUT2D eigenvalue weighted by Crippen LogP contribution is -2.27. The van der Waals surface area contributed by atoms with Gasteiger partial charge in [-0.05, 0) is 26.8 Å². The smallest absolute Gasteiger partial charge is 0.444 e. The van der Waals surface area contributed by atoms with Gasteiger partial charge in [-0.1, -0.05) is 0 Å². The zero-order valence-electron chi connectivity index (χ0n) is 10.8. The molecule has 0 radical (unpaired) electrons. The molecule has 0 fully saturated rings. The van der Waals surface area contributed by atoms with Crippen LogP contribution in [-0.4, -0.2) is 22.2 Å². The van der Waals surface area contributed by atoms with Gasteiger partial charge in [0.2, 0.25) is 0 Å². The zero-order chi connectivity index (χ0) is 15.6. The van der Waals surface area contributed by atoms with E-state index in [-0.39, 0.29) is 0 Å². The average molecular weight is 312 g/mol. The number of nitrogens with one attached hydrogen (secondary N) is 1. The number of carbonyl (C=O) groups is 1. The molecule has 112 valence electrons. The van der Waals surface area contributed by atoms with Crippen molar-refractivity contribution < 1.29 is 27.1 Å². The third-order valence-corrected chi connectivity index (χ3v) is 2.41. The Morgan fingerprint density at radius 2 is 1.95 bits per heavy atom. The summed E-state index contributed by atoms with van der Waals surface area (Å²) in [4.78, 5) is 14.7. The minimum Gasteiger partial charge on any atom is -0.444 e. The van der Waals surface area contributed by atoms with E-state index >= 15 is 0 Å². The van der Waals surface area contributed by atoms with Gasteiger partial charge < -0.3 is 4.74 Å². The van der Waals surface area contributed by atoms with Gasteiger partial charge in [0.1, 0.15) is 10.6 Å². The quantitative estimate of drug-likeness (QED) is 0.657. The number of alkyl halides is 3. The Kier molecular flexibility index (Phi) is 4.85. The van der Waals surface area contributed by atoms with Crippen molar-refractivity contribution in [3.63, 3.8) is 0 Å².